The molecule has 4 rings (SSSR count). The van der Waals surface area contributed by atoms with Crippen LogP contribution in [0.5, 0.6) is 0 Å². The predicted octanol–water partition coefficient (Wildman–Crippen LogP) is 5.15. The molecular weight excluding hydrogens is 604 g/mol. The Morgan fingerprint density at radius 3 is 2.44 bits per heavy atom. The molecule has 10 nitrogen and oxygen atoms in total. The molecule has 0 aliphatic rings. The van der Waals surface area contributed by atoms with Crippen LogP contribution in [0.1, 0.15) is 29.2 Å². The molecule has 0 aliphatic carbocycles. The normalized spacial score (nSPS) is 13.3. The number of anilines is 4. The molecule has 3 N–H and O–H groups in total. The monoisotopic (exact) mass is 634 g/mol. The quantitative estimate of drug-likeness (QED) is 0.191. The number of hydrogen-bond donors (Lipinski definition) is 3. The Morgan fingerprint density at radius 1 is 1.02 bits per heavy atom. The highest BCUT2D eigenvalue weighted by Crippen LogP contribution is 2.40. The summed E-state index contributed by atoms with van der Waals surface area (Å²) >= 11 is 0. The SMILES string of the molecule is CCP(=O)(O)c1ccccc1Cc1cccc(Nc2ncc(C(F)(F)F)c(NCc3cccnc3N(C)S(C)(=O)=O)n2)c1. The summed E-state index contributed by atoms with van der Waals surface area (Å²) in [5.74, 6) is -0.558. The highest BCUT2D eigenvalue weighted by atomic mass is 32.2. The summed E-state index contributed by atoms with van der Waals surface area (Å²) in [4.78, 5) is 22.4. The number of rotatable bonds is 11. The van der Waals surface area contributed by atoms with Crippen molar-refractivity contribution in [2.24, 2.45) is 0 Å². The second-order valence-corrected chi connectivity index (χ2v) is 14.2. The Morgan fingerprint density at radius 2 is 1.74 bits per heavy atom. The van der Waals surface area contributed by atoms with Gasteiger partial charge in [-0.25, -0.2) is 18.4 Å². The third kappa shape index (κ3) is 7.89. The van der Waals surface area contributed by atoms with E-state index in [4.69, 9.17) is 0 Å². The number of alkyl halides is 3. The van der Waals surface area contributed by atoms with E-state index in [0.717, 1.165) is 16.1 Å². The van der Waals surface area contributed by atoms with Crippen LogP contribution in [0.25, 0.3) is 0 Å². The minimum absolute atomic E-state index is 0.0633. The second-order valence-electron chi connectivity index (χ2n) is 9.67. The lowest BCUT2D eigenvalue weighted by Gasteiger charge is -2.20. The van der Waals surface area contributed by atoms with Crippen LogP contribution < -0.4 is 20.2 Å². The van der Waals surface area contributed by atoms with Crippen LogP contribution in [0.4, 0.5) is 36.4 Å². The van der Waals surface area contributed by atoms with E-state index in [1.807, 2.05) is 6.07 Å². The van der Waals surface area contributed by atoms with Crippen LogP contribution in [0.15, 0.2) is 73.1 Å². The number of nitrogens with zero attached hydrogens (tertiary/aromatic N) is 4. The van der Waals surface area contributed by atoms with Crippen LogP contribution in [-0.4, -0.2) is 47.7 Å². The summed E-state index contributed by atoms with van der Waals surface area (Å²) in [5.41, 5.74) is 1.21. The number of benzene rings is 2. The number of halogens is 3. The minimum atomic E-state index is -4.76. The Labute approximate surface area is 247 Å². The fraction of sp³-hybridized carbons (Fsp3) is 0.250. The molecule has 0 spiro atoms. The van der Waals surface area contributed by atoms with Crippen molar-refractivity contribution in [3.63, 3.8) is 0 Å². The maximum atomic E-state index is 13.8. The molecule has 4 aromatic rings. The molecule has 0 aliphatic heterocycles. The third-order valence-electron chi connectivity index (χ3n) is 6.58. The van der Waals surface area contributed by atoms with Crippen LogP contribution in [-0.2, 0) is 33.7 Å². The smallest absolute Gasteiger partial charge is 0.365 e. The molecule has 0 saturated carbocycles. The number of nitrogens with one attached hydrogen (secondary N) is 2. The van der Waals surface area contributed by atoms with Crippen molar-refractivity contribution in [1.82, 2.24) is 15.0 Å². The first-order valence-electron chi connectivity index (χ1n) is 13.0. The summed E-state index contributed by atoms with van der Waals surface area (Å²) in [6.07, 6.45) is -1.27. The zero-order valence-electron chi connectivity index (χ0n) is 23.5. The van der Waals surface area contributed by atoms with Crippen LogP contribution >= 0.6 is 7.37 Å². The van der Waals surface area contributed by atoms with Gasteiger partial charge in [-0.2, -0.15) is 18.2 Å². The molecule has 2 heterocycles. The Kier molecular flexibility index (Phi) is 9.43. The standard InChI is InChI=1S/C28H30F3N6O4PS/c1-4-42(38,39)24-13-6-5-10-20(24)15-19-9-7-12-22(16-19)35-27-34-18-23(28(29,30)31)25(36-27)33-17-21-11-8-14-32-26(21)37(2)43(3,40)41/h5-14,16,18H,4,15,17H2,1-3H3,(H,38,39)(H2,33,34,35,36). The van der Waals surface area contributed by atoms with Crippen LogP contribution in [0, 0.1) is 0 Å². The van der Waals surface area contributed by atoms with Crippen molar-refractivity contribution in [3.05, 3.63) is 95.3 Å². The van der Waals surface area contributed by atoms with Gasteiger partial charge in [0.1, 0.15) is 17.2 Å². The van der Waals surface area contributed by atoms with Crippen LogP contribution in [0.3, 0.4) is 0 Å². The molecule has 0 radical (unpaired) electrons. The Bertz CT molecular complexity index is 1770. The van der Waals surface area contributed by atoms with Gasteiger partial charge in [0.2, 0.25) is 23.3 Å². The maximum Gasteiger partial charge on any atom is 0.421 e. The lowest BCUT2D eigenvalue weighted by atomic mass is 10.0. The molecule has 43 heavy (non-hydrogen) atoms. The van der Waals surface area contributed by atoms with Gasteiger partial charge in [-0.3, -0.25) is 8.87 Å². The first kappa shape index (κ1) is 31.9. The molecule has 2 aromatic carbocycles. The van der Waals surface area contributed by atoms with Crippen molar-refractivity contribution in [3.8, 4) is 0 Å². The number of hydrogen-bond acceptors (Lipinski definition) is 8. The van der Waals surface area contributed by atoms with Gasteiger partial charge in [-0.1, -0.05) is 43.3 Å². The van der Waals surface area contributed by atoms with Gasteiger partial charge in [-0.05, 0) is 41.8 Å². The molecule has 2 aromatic heterocycles. The van der Waals surface area contributed by atoms with Crippen LogP contribution in [0.2, 0.25) is 0 Å². The molecule has 15 heteroatoms. The first-order chi connectivity index (χ1) is 20.2. The van der Waals surface area contributed by atoms with Gasteiger partial charge in [0, 0.05) is 48.7 Å². The van der Waals surface area contributed by atoms with Gasteiger partial charge < -0.3 is 15.5 Å². The highest BCUT2D eigenvalue weighted by molar-refractivity contribution is 7.92. The van der Waals surface area contributed by atoms with E-state index in [1.54, 1.807) is 61.5 Å². The molecule has 1 atom stereocenters. The van der Waals surface area contributed by atoms with Gasteiger partial charge >= 0.3 is 6.18 Å². The van der Waals surface area contributed by atoms with Crippen molar-refractivity contribution in [2.75, 3.05) is 34.4 Å². The molecule has 0 saturated heterocycles. The van der Waals surface area contributed by atoms with Gasteiger partial charge in [0.25, 0.3) is 0 Å². The maximum absolute atomic E-state index is 13.8. The topological polar surface area (TPSA) is 137 Å². The lowest BCUT2D eigenvalue weighted by Crippen LogP contribution is -2.27. The molecule has 0 amide bonds. The fourth-order valence-corrected chi connectivity index (χ4v) is 5.99. The Hall–Kier alpha value is -4.00. The van der Waals surface area contributed by atoms with E-state index in [-0.39, 0.29) is 24.5 Å². The zero-order chi connectivity index (χ0) is 31.4. The van der Waals surface area contributed by atoms with Gasteiger partial charge in [0.15, 0.2) is 0 Å². The second kappa shape index (κ2) is 12.7. The summed E-state index contributed by atoms with van der Waals surface area (Å²) < 4.78 is 79.1. The van der Waals surface area contributed by atoms with Crippen molar-refractivity contribution in [2.45, 2.75) is 26.1 Å². The van der Waals surface area contributed by atoms with Crippen molar-refractivity contribution >= 4 is 46.0 Å². The summed E-state index contributed by atoms with van der Waals surface area (Å²) in [5, 5.41) is 5.96. The van der Waals surface area contributed by atoms with Crippen molar-refractivity contribution < 1.29 is 31.0 Å². The summed E-state index contributed by atoms with van der Waals surface area (Å²) in [7, 11) is -5.88. The Balaban J connectivity index is 1.59. The van der Waals surface area contributed by atoms with Crippen molar-refractivity contribution in [1.29, 1.82) is 0 Å². The molecule has 0 fully saturated rings. The average Bonchev–Trinajstić information content (AvgIpc) is 2.95. The number of pyridine rings is 1. The molecular formula is C28H30F3N6O4PS. The average molecular weight is 635 g/mol. The fourth-order valence-electron chi connectivity index (χ4n) is 4.25. The summed E-state index contributed by atoms with van der Waals surface area (Å²) in [6, 6.07) is 17.0. The van der Waals surface area contributed by atoms with E-state index >= 15 is 0 Å². The number of sulfonamides is 1. The molecule has 1 unspecified atom stereocenters. The van der Waals surface area contributed by atoms with Gasteiger partial charge in [-0.15, -0.1) is 0 Å². The predicted molar refractivity (Wildman–Crippen MR) is 161 cm³/mol. The first-order valence-corrected chi connectivity index (χ1v) is 16.7. The minimum Gasteiger partial charge on any atom is -0.365 e. The van der Waals surface area contributed by atoms with E-state index in [9.17, 15) is 31.0 Å². The zero-order valence-corrected chi connectivity index (χ0v) is 25.2. The largest absolute Gasteiger partial charge is 0.421 e. The van der Waals surface area contributed by atoms with Gasteiger partial charge in [0.05, 0.1) is 6.26 Å². The number of aromatic nitrogens is 3. The molecule has 228 valence electrons. The highest BCUT2D eigenvalue weighted by Gasteiger charge is 2.35. The van der Waals surface area contributed by atoms with E-state index in [0.29, 0.717) is 34.7 Å². The molecule has 0 bridgehead atoms. The van der Waals surface area contributed by atoms with E-state index in [1.165, 1.54) is 13.2 Å². The van der Waals surface area contributed by atoms with E-state index < -0.39 is 34.9 Å². The van der Waals surface area contributed by atoms with E-state index in [2.05, 4.69) is 25.6 Å². The summed E-state index contributed by atoms with van der Waals surface area (Å²) in [6.45, 7) is 1.45. The lowest BCUT2D eigenvalue weighted by molar-refractivity contribution is -0.137. The third-order valence-corrected chi connectivity index (χ3v) is 9.79.